The second kappa shape index (κ2) is 4.83. The van der Waals surface area contributed by atoms with E-state index in [0.717, 1.165) is 6.07 Å². The van der Waals surface area contributed by atoms with Gasteiger partial charge in [-0.2, -0.15) is 13.2 Å². The summed E-state index contributed by atoms with van der Waals surface area (Å²) in [6.07, 6.45) is -5.08. The van der Waals surface area contributed by atoms with E-state index in [4.69, 9.17) is 5.11 Å². The van der Waals surface area contributed by atoms with Crippen LogP contribution in [-0.2, 0) is 6.18 Å². The highest BCUT2D eigenvalue weighted by atomic mass is 19.4. The van der Waals surface area contributed by atoms with E-state index in [9.17, 15) is 26.7 Å². The predicted molar refractivity (Wildman–Crippen MR) is 58.6 cm³/mol. The number of oxazole rings is 1. The lowest BCUT2D eigenvalue weighted by atomic mass is 10.1. The minimum Gasteiger partial charge on any atom is -0.475 e. The molecule has 0 aliphatic rings. The van der Waals surface area contributed by atoms with Gasteiger partial charge in [0, 0.05) is 6.07 Å². The van der Waals surface area contributed by atoms with Crippen molar-refractivity contribution in [1.82, 2.24) is 4.98 Å². The molecule has 2 rings (SSSR count). The van der Waals surface area contributed by atoms with Crippen molar-refractivity contribution < 1.29 is 36.3 Å². The van der Waals surface area contributed by atoms with E-state index in [0.29, 0.717) is 6.07 Å². The number of hydrogen-bond acceptors (Lipinski definition) is 3. The van der Waals surface area contributed by atoms with Crippen LogP contribution in [0.5, 0.6) is 0 Å². The van der Waals surface area contributed by atoms with E-state index >= 15 is 0 Å². The molecular weight excluding hydrogens is 301 g/mol. The molecule has 112 valence electrons. The van der Waals surface area contributed by atoms with Gasteiger partial charge in [0.05, 0.1) is 5.56 Å². The van der Waals surface area contributed by atoms with Gasteiger partial charge >= 0.3 is 12.1 Å². The Morgan fingerprint density at radius 2 is 1.86 bits per heavy atom. The summed E-state index contributed by atoms with van der Waals surface area (Å²) in [5.41, 5.74) is -2.41. The Morgan fingerprint density at radius 1 is 1.24 bits per heavy atom. The maximum absolute atomic E-state index is 13.6. The summed E-state index contributed by atoms with van der Waals surface area (Å²) in [7, 11) is 0. The number of halogens is 5. The quantitative estimate of drug-likeness (QED) is 0.860. The van der Waals surface area contributed by atoms with Gasteiger partial charge < -0.3 is 9.52 Å². The molecule has 0 atom stereocenters. The molecule has 0 saturated carbocycles. The Balaban J connectivity index is 2.66. The lowest BCUT2D eigenvalue weighted by molar-refractivity contribution is -0.141. The van der Waals surface area contributed by atoms with Gasteiger partial charge in [0.25, 0.3) is 0 Å². The summed E-state index contributed by atoms with van der Waals surface area (Å²) in [5, 5.41) is 8.67. The van der Waals surface area contributed by atoms with Gasteiger partial charge in [-0.15, -0.1) is 0 Å². The third kappa shape index (κ3) is 2.71. The summed E-state index contributed by atoms with van der Waals surface area (Å²) in [6, 6.07) is 1.32. The van der Waals surface area contributed by atoms with Crippen LogP contribution in [0.4, 0.5) is 22.0 Å². The van der Waals surface area contributed by atoms with E-state index in [1.54, 1.807) is 0 Å². The van der Waals surface area contributed by atoms with E-state index in [1.165, 1.54) is 6.92 Å². The molecule has 9 heteroatoms. The average Bonchev–Trinajstić information content (AvgIpc) is 2.78. The standard InChI is InChI=1S/C12H6F5NO3/c1-4-2-5(7(14)3-6(4)13)10-18-9(12(15,16)17)8(21-10)11(19)20/h2-3H,1H3,(H,19,20). The van der Waals surface area contributed by atoms with Crippen LogP contribution in [0.3, 0.4) is 0 Å². The molecule has 21 heavy (non-hydrogen) atoms. The first kappa shape index (κ1) is 14.9. The second-order valence-electron chi connectivity index (χ2n) is 4.08. The van der Waals surface area contributed by atoms with Gasteiger partial charge in [-0.05, 0) is 18.6 Å². The zero-order chi connectivity index (χ0) is 15.9. The number of rotatable bonds is 2. The Kier molecular flexibility index (Phi) is 3.44. The van der Waals surface area contributed by atoms with Crippen molar-refractivity contribution in [3.05, 3.63) is 40.8 Å². The molecule has 2 aromatic rings. The number of carboxylic acid groups (broad SMARTS) is 1. The maximum atomic E-state index is 13.6. The molecule has 1 aromatic carbocycles. The summed E-state index contributed by atoms with van der Waals surface area (Å²) >= 11 is 0. The molecule has 0 amide bonds. The maximum Gasteiger partial charge on any atom is 0.437 e. The van der Waals surface area contributed by atoms with Gasteiger partial charge in [-0.25, -0.2) is 18.6 Å². The first-order valence-corrected chi connectivity index (χ1v) is 5.38. The molecule has 0 aliphatic heterocycles. The largest absolute Gasteiger partial charge is 0.475 e. The normalized spacial score (nSPS) is 11.7. The summed E-state index contributed by atoms with van der Waals surface area (Å²) in [4.78, 5) is 13.7. The number of hydrogen-bond donors (Lipinski definition) is 1. The number of carbonyl (C=O) groups is 1. The van der Waals surface area contributed by atoms with Crippen LogP contribution in [0.1, 0.15) is 21.8 Å². The minimum absolute atomic E-state index is 0.0602. The van der Waals surface area contributed by atoms with Crippen molar-refractivity contribution in [2.45, 2.75) is 13.1 Å². The van der Waals surface area contributed by atoms with Gasteiger partial charge in [0.15, 0.2) is 5.69 Å². The molecule has 0 fully saturated rings. The molecular formula is C12H6F5NO3. The van der Waals surface area contributed by atoms with Crippen molar-refractivity contribution in [2.24, 2.45) is 0 Å². The molecule has 0 spiro atoms. The monoisotopic (exact) mass is 307 g/mol. The molecule has 0 aliphatic carbocycles. The van der Waals surface area contributed by atoms with Crippen LogP contribution >= 0.6 is 0 Å². The topological polar surface area (TPSA) is 63.3 Å². The first-order valence-electron chi connectivity index (χ1n) is 5.38. The number of aromatic nitrogens is 1. The van der Waals surface area contributed by atoms with Crippen LogP contribution < -0.4 is 0 Å². The van der Waals surface area contributed by atoms with Crippen molar-refractivity contribution in [2.75, 3.05) is 0 Å². The van der Waals surface area contributed by atoms with Crippen molar-refractivity contribution in [3.8, 4) is 11.5 Å². The molecule has 1 heterocycles. The van der Waals surface area contributed by atoms with E-state index < -0.39 is 46.7 Å². The fourth-order valence-corrected chi connectivity index (χ4v) is 1.59. The highest BCUT2D eigenvalue weighted by Crippen LogP contribution is 2.35. The average molecular weight is 307 g/mol. The van der Waals surface area contributed by atoms with Crippen molar-refractivity contribution in [3.63, 3.8) is 0 Å². The zero-order valence-corrected chi connectivity index (χ0v) is 10.3. The molecule has 0 radical (unpaired) electrons. The summed E-state index contributed by atoms with van der Waals surface area (Å²) < 4.78 is 69.1. The molecule has 1 aromatic heterocycles. The minimum atomic E-state index is -5.08. The van der Waals surface area contributed by atoms with Gasteiger partial charge in [0.1, 0.15) is 11.6 Å². The highest BCUT2D eigenvalue weighted by Gasteiger charge is 2.41. The lowest BCUT2D eigenvalue weighted by Crippen LogP contribution is -2.11. The van der Waals surface area contributed by atoms with Crippen LogP contribution in [0.2, 0.25) is 0 Å². The summed E-state index contributed by atoms with van der Waals surface area (Å²) in [6.45, 7) is 1.25. The third-order valence-corrected chi connectivity index (χ3v) is 2.57. The molecule has 0 saturated heterocycles. The second-order valence-corrected chi connectivity index (χ2v) is 4.08. The van der Waals surface area contributed by atoms with Crippen LogP contribution in [0, 0.1) is 18.6 Å². The smallest absolute Gasteiger partial charge is 0.437 e. The van der Waals surface area contributed by atoms with E-state index in [1.807, 2.05) is 0 Å². The molecule has 0 unspecified atom stereocenters. The fourth-order valence-electron chi connectivity index (χ4n) is 1.59. The van der Waals surface area contributed by atoms with Crippen LogP contribution in [0.25, 0.3) is 11.5 Å². The van der Waals surface area contributed by atoms with Crippen LogP contribution in [-0.4, -0.2) is 16.1 Å². The first-order chi connectivity index (χ1) is 9.61. The van der Waals surface area contributed by atoms with Crippen LogP contribution in [0.15, 0.2) is 16.5 Å². The number of aryl methyl sites for hydroxylation is 1. The molecule has 1 N–H and O–H groups in total. The number of benzene rings is 1. The third-order valence-electron chi connectivity index (χ3n) is 2.57. The SMILES string of the molecule is Cc1cc(-c2nc(C(F)(F)F)c(C(=O)O)o2)c(F)cc1F. The zero-order valence-electron chi connectivity index (χ0n) is 10.3. The summed E-state index contributed by atoms with van der Waals surface area (Å²) in [5.74, 6) is -6.47. The van der Waals surface area contributed by atoms with Crippen molar-refractivity contribution >= 4 is 5.97 Å². The predicted octanol–water partition coefficient (Wildman–Crippen LogP) is 3.65. The van der Waals surface area contributed by atoms with Crippen molar-refractivity contribution in [1.29, 1.82) is 0 Å². The van der Waals surface area contributed by atoms with E-state index in [-0.39, 0.29) is 5.56 Å². The lowest BCUT2D eigenvalue weighted by Gasteiger charge is -2.02. The number of nitrogens with zero attached hydrogens (tertiary/aromatic N) is 1. The number of carboxylic acids is 1. The molecule has 0 bridgehead atoms. The Labute approximate surface area is 113 Å². The highest BCUT2D eigenvalue weighted by molar-refractivity contribution is 5.86. The Bertz CT molecular complexity index is 720. The van der Waals surface area contributed by atoms with E-state index in [2.05, 4.69) is 9.40 Å². The fraction of sp³-hybridized carbons (Fsp3) is 0.167. The molecule has 4 nitrogen and oxygen atoms in total. The number of aromatic carboxylic acids is 1. The van der Waals surface area contributed by atoms with Gasteiger partial charge in [0.2, 0.25) is 11.7 Å². The van der Waals surface area contributed by atoms with Gasteiger partial charge in [-0.3, -0.25) is 0 Å². The number of alkyl halides is 3. The Morgan fingerprint density at radius 3 is 2.33 bits per heavy atom. The Hall–Kier alpha value is -2.45. The van der Waals surface area contributed by atoms with Gasteiger partial charge in [-0.1, -0.05) is 0 Å².